The maximum absolute atomic E-state index is 12.9. The van der Waals surface area contributed by atoms with Crippen molar-refractivity contribution >= 4 is 16.7 Å². The van der Waals surface area contributed by atoms with Crippen LogP contribution in [-0.2, 0) is 0 Å². The van der Waals surface area contributed by atoms with Crippen molar-refractivity contribution in [2.45, 2.75) is 13.0 Å². The van der Waals surface area contributed by atoms with Gasteiger partial charge < -0.3 is 4.90 Å². The summed E-state index contributed by atoms with van der Waals surface area (Å²) in [5, 5.41) is 2.07. The van der Waals surface area contributed by atoms with Gasteiger partial charge in [0, 0.05) is 25.0 Å². The topological polar surface area (TPSA) is 33.2 Å². The molecule has 1 heterocycles. The molecule has 0 saturated heterocycles. The molecule has 0 unspecified atom stereocenters. The lowest BCUT2D eigenvalue weighted by molar-refractivity contribution is 0.0744. The molecule has 0 saturated carbocycles. The number of amides is 1. The number of rotatable bonds is 3. The predicted octanol–water partition coefficient (Wildman–Crippen LogP) is 4.07. The number of carbonyl (C=O) groups excluding carboxylic acids is 1. The van der Waals surface area contributed by atoms with Crippen molar-refractivity contribution in [3.05, 3.63) is 78.1 Å². The molecule has 0 fully saturated rings. The Morgan fingerprint density at radius 2 is 1.82 bits per heavy atom. The molecule has 0 aliphatic rings. The maximum atomic E-state index is 12.9. The molecule has 0 aliphatic carbocycles. The highest BCUT2D eigenvalue weighted by Crippen LogP contribution is 2.24. The summed E-state index contributed by atoms with van der Waals surface area (Å²) in [5.41, 5.74) is 1.76. The Bertz CT molecular complexity index is 793. The molecule has 3 nitrogen and oxygen atoms in total. The SMILES string of the molecule is C[C@H](c1cccnc1)N(C)C(=O)c1cccc2ccccc12. The van der Waals surface area contributed by atoms with Crippen LogP contribution in [0.15, 0.2) is 67.0 Å². The Morgan fingerprint density at radius 1 is 1.05 bits per heavy atom. The van der Waals surface area contributed by atoms with Crippen LogP contribution in [0.1, 0.15) is 28.9 Å². The monoisotopic (exact) mass is 290 g/mol. The van der Waals surface area contributed by atoms with E-state index in [9.17, 15) is 4.79 Å². The molecule has 1 amide bonds. The zero-order valence-electron chi connectivity index (χ0n) is 12.7. The van der Waals surface area contributed by atoms with Crippen LogP contribution in [0.2, 0.25) is 0 Å². The van der Waals surface area contributed by atoms with Crippen LogP contribution in [0.3, 0.4) is 0 Å². The van der Waals surface area contributed by atoms with Gasteiger partial charge in [0.1, 0.15) is 0 Å². The summed E-state index contributed by atoms with van der Waals surface area (Å²) in [7, 11) is 1.84. The van der Waals surface area contributed by atoms with Gasteiger partial charge in [-0.2, -0.15) is 0 Å². The normalized spacial score (nSPS) is 12.1. The van der Waals surface area contributed by atoms with Gasteiger partial charge in [-0.1, -0.05) is 42.5 Å². The summed E-state index contributed by atoms with van der Waals surface area (Å²) >= 11 is 0. The first kappa shape index (κ1) is 14.3. The molecule has 2 aromatic carbocycles. The lowest BCUT2D eigenvalue weighted by Crippen LogP contribution is -2.29. The second-order valence-corrected chi connectivity index (χ2v) is 5.41. The van der Waals surface area contributed by atoms with E-state index in [0.29, 0.717) is 0 Å². The third kappa shape index (κ3) is 2.58. The Balaban J connectivity index is 1.96. The molecular formula is C19H18N2O. The fraction of sp³-hybridized carbons (Fsp3) is 0.158. The molecule has 3 heteroatoms. The Hall–Kier alpha value is -2.68. The lowest BCUT2D eigenvalue weighted by atomic mass is 10.0. The van der Waals surface area contributed by atoms with E-state index in [0.717, 1.165) is 21.9 Å². The smallest absolute Gasteiger partial charge is 0.254 e. The highest BCUT2D eigenvalue weighted by atomic mass is 16.2. The summed E-state index contributed by atoms with van der Waals surface area (Å²) in [5.74, 6) is 0.0214. The minimum absolute atomic E-state index is 0.0214. The molecule has 3 rings (SSSR count). The Kier molecular flexibility index (Phi) is 3.88. The highest BCUT2D eigenvalue weighted by Gasteiger charge is 2.20. The Morgan fingerprint density at radius 3 is 2.59 bits per heavy atom. The lowest BCUT2D eigenvalue weighted by Gasteiger charge is -2.25. The molecule has 0 aliphatic heterocycles. The molecule has 0 spiro atoms. The van der Waals surface area contributed by atoms with Crippen LogP contribution in [0.5, 0.6) is 0 Å². The molecule has 1 aromatic heterocycles. The second kappa shape index (κ2) is 5.98. The summed E-state index contributed by atoms with van der Waals surface area (Å²) in [6.07, 6.45) is 3.54. The van der Waals surface area contributed by atoms with Crippen LogP contribution < -0.4 is 0 Å². The van der Waals surface area contributed by atoms with Gasteiger partial charge >= 0.3 is 0 Å². The molecule has 1 atom stereocenters. The van der Waals surface area contributed by atoms with E-state index in [2.05, 4.69) is 4.98 Å². The van der Waals surface area contributed by atoms with E-state index in [4.69, 9.17) is 0 Å². The molecule has 22 heavy (non-hydrogen) atoms. The van der Waals surface area contributed by atoms with Crippen LogP contribution in [-0.4, -0.2) is 22.8 Å². The van der Waals surface area contributed by atoms with Crippen molar-refractivity contribution < 1.29 is 4.79 Å². The average Bonchev–Trinajstić information content (AvgIpc) is 2.60. The number of aromatic nitrogens is 1. The summed E-state index contributed by atoms with van der Waals surface area (Å²) < 4.78 is 0. The van der Waals surface area contributed by atoms with E-state index >= 15 is 0 Å². The van der Waals surface area contributed by atoms with Gasteiger partial charge in [-0.3, -0.25) is 9.78 Å². The molecule has 0 bridgehead atoms. The first-order valence-electron chi connectivity index (χ1n) is 7.33. The quantitative estimate of drug-likeness (QED) is 0.728. The minimum atomic E-state index is -0.0276. The summed E-state index contributed by atoms with van der Waals surface area (Å²) in [6, 6.07) is 17.7. The zero-order chi connectivity index (χ0) is 15.5. The molecule has 0 N–H and O–H groups in total. The van der Waals surface area contributed by atoms with E-state index in [1.54, 1.807) is 17.3 Å². The van der Waals surface area contributed by atoms with Gasteiger partial charge in [-0.25, -0.2) is 0 Å². The van der Waals surface area contributed by atoms with Crippen molar-refractivity contribution in [3.8, 4) is 0 Å². The van der Waals surface area contributed by atoms with Gasteiger partial charge in [-0.15, -0.1) is 0 Å². The van der Waals surface area contributed by atoms with Crippen LogP contribution >= 0.6 is 0 Å². The number of nitrogens with zero attached hydrogens (tertiary/aromatic N) is 2. The first-order chi connectivity index (χ1) is 10.7. The third-order valence-corrected chi connectivity index (χ3v) is 4.09. The van der Waals surface area contributed by atoms with Gasteiger partial charge in [0.05, 0.1) is 6.04 Å². The fourth-order valence-corrected chi connectivity index (χ4v) is 2.62. The van der Waals surface area contributed by atoms with E-state index in [-0.39, 0.29) is 11.9 Å². The van der Waals surface area contributed by atoms with Gasteiger partial charge in [-0.05, 0) is 35.4 Å². The number of hydrogen-bond acceptors (Lipinski definition) is 2. The molecule has 0 radical (unpaired) electrons. The largest absolute Gasteiger partial charge is 0.335 e. The number of fused-ring (bicyclic) bond motifs is 1. The number of pyridine rings is 1. The van der Waals surface area contributed by atoms with Crippen molar-refractivity contribution in [2.24, 2.45) is 0 Å². The van der Waals surface area contributed by atoms with Crippen molar-refractivity contribution in [1.82, 2.24) is 9.88 Å². The standard InChI is InChI=1S/C19H18N2O/c1-14(16-9-6-12-20-13-16)21(2)19(22)18-11-5-8-15-7-3-4-10-17(15)18/h3-14H,1-2H3/t14-/m1/s1. The van der Waals surface area contributed by atoms with Crippen LogP contribution in [0.25, 0.3) is 10.8 Å². The average molecular weight is 290 g/mol. The number of carbonyl (C=O) groups is 1. The Labute approximate surface area is 130 Å². The highest BCUT2D eigenvalue weighted by molar-refractivity contribution is 6.07. The molecule has 3 aromatic rings. The first-order valence-corrected chi connectivity index (χ1v) is 7.33. The van der Waals surface area contributed by atoms with E-state index in [1.165, 1.54) is 0 Å². The number of benzene rings is 2. The molecule has 110 valence electrons. The van der Waals surface area contributed by atoms with Crippen molar-refractivity contribution in [2.75, 3.05) is 7.05 Å². The zero-order valence-corrected chi connectivity index (χ0v) is 12.7. The fourth-order valence-electron chi connectivity index (χ4n) is 2.62. The minimum Gasteiger partial charge on any atom is -0.335 e. The van der Waals surface area contributed by atoms with Crippen LogP contribution in [0.4, 0.5) is 0 Å². The predicted molar refractivity (Wildman–Crippen MR) is 88.7 cm³/mol. The van der Waals surface area contributed by atoms with E-state index in [1.807, 2.05) is 68.6 Å². The van der Waals surface area contributed by atoms with Crippen molar-refractivity contribution in [1.29, 1.82) is 0 Å². The molecular weight excluding hydrogens is 272 g/mol. The van der Waals surface area contributed by atoms with E-state index < -0.39 is 0 Å². The maximum Gasteiger partial charge on any atom is 0.254 e. The summed E-state index contributed by atoms with van der Waals surface area (Å²) in [4.78, 5) is 18.8. The van der Waals surface area contributed by atoms with Gasteiger partial charge in [0.25, 0.3) is 5.91 Å². The van der Waals surface area contributed by atoms with Crippen molar-refractivity contribution in [3.63, 3.8) is 0 Å². The van der Waals surface area contributed by atoms with Gasteiger partial charge in [0.15, 0.2) is 0 Å². The number of hydrogen-bond donors (Lipinski definition) is 0. The third-order valence-electron chi connectivity index (χ3n) is 4.09. The summed E-state index contributed by atoms with van der Waals surface area (Å²) in [6.45, 7) is 2.01. The van der Waals surface area contributed by atoms with Crippen LogP contribution in [0, 0.1) is 0 Å². The van der Waals surface area contributed by atoms with Gasteiger partial charge in [0.2, 0.25) is 0 Å². The second-order valence-electron chi connectivity index (χ2n) is 5.41.